The second kappa shape index (κ2) is 9.16. The van der Waals surface area contributed by atoms with Gasteiger partial charge in [0.15, 0.2) is 0 Å². The molecule has 1 heterocycles. The van der Waals surface area contributed by atoms with E-state index in [9.17, 15) is 9.59 Å². The quantitative estimate of drug-likeness (QED) is 0.706. The van der Waals surface area contributed by atoms with Gasteiger partial charge in [0.25, 0.3) is 0 Å². The largest absolute Gasteiger partial charge is 0.355 e. The third-order valence-corrected chi connectivity index (χ3v) is 4.39. The van der Waals surface area contributed by atoms with Crippen molar-refractivity contribution in [3.05, 3.63) is 29.8 Å². The molecule has 2 rings (SSSR count). The Balaban J connectivity index is 1.99. The molecule has 0 saturated heterocycles. The van der Waals surface area contributed by atoms with Crippen LogP contribution in [0.4, 0.5) is 0 Å². The van der Waals surface area contributed by atoms with Gasteiger partial charge in [0, 0.05) is 13.1 Å². The van der Waals surface area contributed by atoms with Gasteiger partial charge in [-0.1, -0.05) is 29.5 Å². The summed E-state index contributed by atoms with van der Waals surface area (Å²) in [5.74, 6) is -0.121. The number of thioether (sulfide) groups is 1. The summed E-state index contributed by atoms with van der Waals surface area (Å²) in [7, 11) is 0. The molecule has 0 aliphatic carbocycles. The number of amides is 2. The molecular formula is C16H22N6O2S. The van der Waals surface area contributed by atoms with Gasteiger partial charge in [-0.15, -0.1) is 5.10 Å². The van der Waals surface area contributed by atoms with Crippen LogP contribution in [0.2, 0.25) is 0 Å². The molecule has 8 nitrogen and oxygen atoms in total. The summed E-state index contributed by atoms with van der Waals surface area (Å²) >= 11 is 1.25. The maximum atomic E-state index is 12.3. The van der Waals surface area contributed by atoms with Crippen molar-refractivity contribution < 1.29 is 9.59 Å². The summed E-state index contributed by atoms with van der Waals surface area (Å²) in [5.41, 5.74) is 1.98. The highest BCUT2D eigenvalue weighted by Gasteiger charge is 2.17. The number of rotatable bonds is 8. The third kappa shape index (κ3) is 5.28. The molecule has 0 radical (unpaired) electrons. The highest BCUT2D eigenvalue weighted by atomic mass is 32.2. The average Bonchev–Trinajstić information content (AvgIpc) is 3.07. The molecule has 0 fully saturated rings. The molecule has 0 unspecified atom stereocenters. The van der Waals surface area contributed by atoms with Crippen molar-refractivity contribution in [3.63, 3.8) is 0 Å². The molecule has 0 aliphatic heterocycles. The summed E-state index contributed by atoms with van der Waals surface area (Å²) in [6, 6.07) is 7.79. The number of hydrogen-bond donors (Lipinski definition) is 1. The third-order valence-electron chi connectivity index (χ3n) is 3.49. The van der Waals surface area contributed by atoms with Crippen LogP contribution in [0.5, 0.6) is 0 Å². The van der Waals surface area contributed by atoms with Crippen molar-refractivity contribution in [2.45, 2.75) is 25.9 Å². The number of nitrogens with zero attached hydrogens (tertiary/aromatic N) is 5. The number of likely N-dealkylation sites (N-methyl/N-ethyl adjacent to an activating group) is 2. The highest BCUT2D eigenvalue weighted by molar-refractivity contribution is 7.99. The molecule has 0 atom stereocenters. The Labute approximate surface area is 151 Å². The molecular weight excluding hydrogens is 340 g/mol. The summed E-state index contributed by atoms with van der Waals surface area (Å²) in [6.45, 7) is 6.78. The lowest BCUT2D eigenvalue weighted by Gasteiger charge is -2.19. The monoisotopic (exact) mass is 362 g/mol. The molecule has 0 spiro atoms. The maximum absolute atomic E-state index is 12.3. The molecule has 1 aromatic heterocycles. The van der Waals surface area contributed by atoms with Gasteiger partial charge in [0.1, 0.15) is 0 Å². The van der Waals surface area contributed by atoms with E-state index >= 15 is 0 Å². The topological polar surface area (TPSA) is 93.0 Å². The first-order chi connectivity index (χ1) is 12.0. The van der Waals surface area contributed by atoms with Crippen molar-refractivity contribution in [2.24, 2.45) is 0 Å². The number of nitrogens with one attached hydrogen (secondary N) is 1. The maximum Gasteiger partial charge on any atom is 0.239 e. The first-order valence-electron chi connectivity index (χ1n) is 8.07. The van der Waals surface area contributed by atoms with Crippen LogP contribution in [-0.2, 0) is 9.59 Å². The molecule has 9 heteroatoms. The molecule has 2 aromatic rings. The lowest BCUT2D eigenvalue weighted by atomic mass is 10.2. The first-order valence-corrected chi connectivity index (χ1v) is 9.06. The Morgan fingerprint density at radius 1 is 1.24 bits per heavy atom. The van der Waals surface area contributed by atoms with Gasteiger partial charge in [0.2, 0.25) is 17.0 Å². The van der Waals surface area contributed by atoms with Gasteiger partial charge >= 0.3 is 0 Å². The molecule has 134 valence electrons. The van der Waals surface area contributed by atoms with E-state index in [2.05, 4.69) is 20.8 Å². The fraction of sp³-hybridized carbons (Fsp3) is 0.438. The minimum atomic E-state index is -0.160. The Bertz CT molecular complexity index is 716. The zero-order chi connectivity index (χ0) is 18.2. The number of hydrogen-bond acceptors (Lipinski definition) is 6. The smallest absolute Gasteiger partial charge is 0.239 e. The van der Waals surface area contributed by atoms with Crippen LogP contribution >= 0.6 is 11.8 Å². The Morgan fingerprint density at radius 2 is 1.96 bits per heavy atom. The molecule has 0 aliphatic rings. The lowest BCUT2D eigenvalue weighted by Crippen LogP contribution is -2.41. The summed E-state index contributed by atoms with van der Waals surface area (Å²) in [5, 5.41) is 14.9. The van der Waals surface area contributed by atoms with E-state index in [-0.39, 0.29) is 24.1 Å². The molecule has 1 aromatic carbocycles. The second-order valence-electron chi connectivity index (χ2n) is 5.36. The van der Waals surface area contributed by atoms with Gasteiger partial charge in [-0.05, 0) is 43.3 Å². The van der Waals surface area contributed by atoms with E-state index in [1.54, 1.807) is 4.68 Å². The van der Waals surface area contributed by atoms with E-state index in [0.29, 0.717) is 18.2 Å². The fourth-order valence-electron chi connectivity index (χ4n) is 2.14. The van der Waals surface area contributed by atoms with Crippen LogP contribution in [-0.4, -0.2) is 62.3 Å². The number of aromatic nitrogens is 4. The average molecular weight is 362 g/mol. The molecule has 1 N–H and O–H groups in total. The van der Waals surface area contributed by atoms with E-state index in [1.807, 2.05) is 45.0 Å². The Hall–Kier alpha value is -2.42. The van der Waals surface area contributed by atoms with Crippen molar-refractivity contribution in [1.82, 2.24) is 30.4 Å². The molecule has 2 amide bonds. The fourth-order valence-corrected chi connectivity index (χ4v) is 2.93. The number of benzene rings is 1. The first kappa shape index (κ1) is 18.9. The normalized spacial score (nSPS) is 10.5. The minimum Gasteiger partial charge on any atom is -0.355 e. The van der Waals surface area contributed by atoms with Crippen molar-refractivity contribution in [3.8, 4) is 5.69 Å². The molecule has 0 saturated carbocycles. The SMILES string of the molecule is CCNC(=O)CN(CC)C(=O)CSc1nnnn1-c1ccc(C)cc1. The predicted octanol–water partition coefficient (Wildman–Crippen LogP) is 1.05. The number of carbonyl (C=O) groups excluding carboxylic acids is 2. The summed E-state index contributed by atoms with van der Waals surface area (Å²) in [4.78, 5) is 25.5. The van der Waals surface area contributed by atoms with E-state index in [4.69, 9.17) is 0 Å². The van der Waals surface area contributed by atoms with Crippen molar-refractivity contribution in [2.75, 3.05) is 25.4 Å². The van der Waals surface area contributed by atoms with Gasteiger partial charge in [0.05, 0.1) is 18.0 Å². The van der Waals surface area contributed by atoms with Gasteiger partial charge in [-0.25, -0.2) is 0 Å². The van der Waals surface area contributed by atoms with E-state index in [0.717, 1.165) is 11.3 Å². The summed E-state index contributed by atoms with van der Waals surface area (Å²) in [6.07, 6.45) is 0. The van der Waals surface area contributed by atoms with Crippen LogP contribution in [0.1, 0.15) is 19.4 Å². The minimum absolute atomic E-state index is 0.0621. The van der Waals surface area contributed by atoms with E-state index < -0.39 is 0 Å². The van der Waals surface area contributed by atoms with Crippen LogP contribution in [0.25, 0.3) is 5.69 Å². The van der Waals surface area contributed by atoms with Crippen LogP contribution in [0.3, 0.4) is 0 Å². The number of carbonyl (C=O) groups is 2. The van der Waals surface area contributed by atoms with Crippen molar-refractivity contribution >= 4 is 23.6 Å². The Morgan fingerprint density at radius 3 is 2.60 bits per heavy atom. The molecule has 25 heavy (non-hydrogen) atoms. The standard InChI is InChI=1S/C16H22N6O2S/c1-4-17-14(23)10-21(5-2)15(24)11-25-16-18-19-20-22(16)13-8-6-12(3)7-9-13/h6-9H,4-5,10-11H2,1-3H3,(H,17,23). The predicted molar refractivity (Wildman–Crippen MR) is 95.6 cm³/mol. The van der Waals surface area contributed by atoms with Crippen LogP contribution in [0.15, 0.2) is 29.4 Å². The number of aryl methyl sites for hydroxylation is 1. The van der Waals surface area contributed by atoms with Crippen molar-refractivity contribution in [1.29, 1.82) is 0 Å². The second-order valence-corrected chi connectivity index (χ2v) is 6.30. The lowest BCUT2D eigenvalue weighted by molar-refractivity contribution is -0.133. The zero-order valence-electron chi connectivity index (χ0n) is 14.6. The Kier molecular flexibility index (Phi) is 6.93. The number of tetrazole rings is 1. The highest BCUT2D eigenvalue weighted by Crippen LogP contribution is 2.18. The van der Waals surface area contributed by atoms with Gasteiger partial charge in [-0.3, -0.25) is 9.59 Å². The molecule has 0 bridgehead atoms. The van der Waals surface area contributed by atoms with E-state index in [1.165, 1.54) is 16.7 Å². The van der Waals surface area contributed by atoms with Gasteiger partial charge in [-0.2, -0.15) is 4.68 Å². The zero-order valence-corrected chi connectivity index (χ0v) is 15.4. The van der Waals surface area contributed by atoms with Gasteiger partial charge < -0.3 is 10.2 Å². The van der Waals surface area contributed by atoms with Crippen LogP contribution < -0.4 is 5.32 Å². The summed E-state index contributed by atoms with van der Waals surface area (Å²) < 4.78 is 1.59. The van der Waals surface area contributed by atoms with Crippen LogP contribution in [0, 0.1) is 6.92 Å².